The minimum atomic E-state index is -3.35. The average molecular weight is 300 g/mol. The first-order valence-electron chi connectivity index (χ1n) is 5.97. The van der Waals surface area contributed by atoms with Crippen molar-refractivity contribution in [3.05, 3.63) is 18.3 Å². The van der Waals surface area contributed by atoms with Gasteiger partial charge in [-0.3, -0.25) is 9.59 Å². The molecule has 2 N–H and O–H groups in total. The zero-order valence-corrected chi connectivity index (χ0v) is 11.8. The van der Waals surface area contributed by atoms with Gasteiger partial charge in [0.15, 0.2) is 14.9 Å². The number of hydrogen-bond donors (Lipinski definition) is 2. The van der Waals surface area contributed by atoms with Crippen LogP contribution in [0.3, 0.4) is 0 Å². The van der Waals surface area contributed by atoms with Crippen LogP contribution >= 0.6 is 0 Å². The fourth-order valence-electron chi connectivity index (χ4n) is 1.46. The second-order valence-corrected chi connectivity index (χ2v) is 6.27. The van der Waals surface area contributed by atoms with E-state index in [1.807, 2.05) is 0 Å². The molecule has 7 nitrogen and oxygen atoms in total. The van der Waals surface area contributed by atoms with Crippen LogP contribution in [0.1, 0.15) is 25.7 Å². The highest BCUT2D eigenvalue weighted by Crippen LogP contribution is 2.11. The third-order valence-electron chi connectivity index (χ3n) is 2.44. The number of nitrogens with zero attached hydrogens (tertiary/aromatic N) is 1. The van der Waals surface area contributed by atoms with Gasteiger partial charge in [-0.2, -0.15) is 0 Å². The Morgan fingerprint density at radius 1 is 1.25 bits per heavy atom. The Kier molecular flexibility index (Phi) is 5.63. The molecule has 0 aliphatic heterocycles. The van der Waals surface area contributed by atoms with Crippen molar-refractivity contribution < 1.29 is 23.1 Å². The number of unbranched alkanes of at least 4 members (excludes halogenated alkanes) is 1. The summed E-state index contributed by atoms with van der Waals surface area (Å²) in [6.07, 6.45) is 3.49. The Hall–Kier alpha value is -1.96. The summed E-state index contributed by atoms with van der Waals surface area (Å²) in [7, 11) is -3.35. The third-order valence-corrected chi connectivity index (χ3v) is 3.45. The molecule has 0 aliphatic carbocycles. The highest BCUT2D eigenvalue weighted by molar-refractivity contribution is 7.90. The van der Waals surface area contributed by atoms with Crippen molar-refractivity contribution in [2.45, 2.75) is 30.7 Å². The van der Waals surface area contributed by atoms with Gasteiger partial charge >= 0.3 is 5.97 Å². The number of pyridine rings is 1. The van der Waals surface area contributed by atoms with Crippen molar-refractivity contribution in [3.8, 4) is 0 Å². The SMILES string of the molecule is CS(=O)(=O)c1ccc(NC(=O)CCCCC(=O)O)cn1. The third kappa shape index (κ3) is 5.79. The smallest absolute Gasteiger partial charge is 0.303 e. The number of sulfone groups is 1. The molecule has 20 heavy (non-hydrogen) atoms. The zero-order chi connectivity index (χ0) is 15.2. The molecular formula is C12H16N2O5S. The van der Waals surface area contributed by atoms with Gasteiger partial charge in [0, 0.05) is 19.1 Å². The number of nitrogens with one attached hydrogen (secondary N) is 1. The molecule has 110 valence electrons. The van der Waals surface area contributed by atoms with E-state index in [0.717, 1.165) is 6.26 Å². The summed E-state index contributed by atoms with van der Waals surface area (Å²) in [6, 6.07) is 2.77. The van der Waals surface area contributed by atoms with E-state index >= 15 is 0 Å². The molecule has 1 rings (SSSR count). The lowest BCUT2D eigenvalue weighted by molar-refractivity contribution is -0.137. The Morgan fingerprint density at radius 2 is 1.90 bits per heavy atom. The van der Waals surface area contributed by atoms with E-state index in [4.69, 9.17) is 5.11 Å². The summed E-state index contributed by atoms with van der Waals surface area (Å²) in [5.41, 5.74) is 0.403. The number of carboxylic acid groups (broad SMARTS) is 1. The van der Waals surface area contributed by atoms with Gasteiger partial charge in [0.2, 0.25) is 5.91 Å². The minimum absolute atomic E-state index is 0.0396. The Balaban J connectivity index is 2.44. The first kappa shape index (κ1) is 16.1. The predicted molar refractivity (Wildman–Crippen MR) is 72.1 cm³/mol. The second kappa shape index (κ2) is 6.99. The topological polar surface area (TPSA) is 113 Å². The van der Waals surface area contributed by atoms with Crippen molar-refractivity contribution in [2.75, 3.05) is 11.6 Å². The molecule has 0 unspecified atom stereocenters. The van der Waals surface area contributed by atoms with Crippen LogP contribution < -0.4 is 5.32 Å². The number of aromatic nitrogens is 1. The standard InChI is InChI=1S/C12H16N2O5S/c1-20(18,19)11-7-6-9(8-13-11)14-10(15)4-2-3-5-12(16)17/h6-8H,2-5H2,1H3,(H,14,15)(H,16,17). The van der Waals surface area contributed by atoms with Crippen LogP contribution in [0.5, 0.6) is 0 Å². The molecule has 1 heterocycles. The van der Waals surface area contributed by atoms with Crippen LogP contribution in [0.4, 0.5) is 5.69 Å². The normalized spacial score (nSPS) is 11.1. The highest BCUT2D eigenvalue weighted by Gasteiger charge is 2.09. The number of carbonyl (C=O) groups is 2. The highest BCUT2D eigenvalue weighted by atomic mass is 32.2. The quantitative estimate of drug-likeness (QED) is 0.728. The molecule has 0 aromatic carbocycles. The first-order valence-corrected chi connectivity index (χ1v) is 7.86. The van der Waals surface area contributed by atoms with Crippen LogP contribution in [0, 0.1) is 0 Å². The van der Waals surface area contributed by atoms with E-state index < -0.39 is 15.8 Å². The van der Waals surface area contributed by atoms with Crippen molar-refractivity contribution in [1.82, 2.24) is 4.98 Å². The van der Waals surface area contributed by atoms with E-state index in [1.165, 1.54) is 18.3 Å². The first-order chi connectivity index (χ1) is 9.29. The predicted octanol–water partition coefficient (Wildman–Crippen LogP) is 1.07. The summed E-state index contributed by atoms with van der Waals surface area (Å²) >= 11 is 0. The van der Waals surface area contributed by atoms with E-state index in [1.54, 1.807) is 0 Å². The van der Waals surface area contributed by atoms with Gasteiger partial charge < -0.3 is 10.4 Å². The van der Waals surface area contributed by atoms with Crippen molar-refractivity contribution in [1.29, 1.82) is 0 Å². The van der Waals surface area contributed by atoms with Gasteiger partial charge in [0.05, 0.1) is 11.9 Å². The summed E-state index contributed by atoms with van der Waals surface area (Å²) in [5, 5.41) is 11.0. The monoisotopic (exact) mass is 300 g/mol. The molecule has 1 aromatic heterocycles. The van der Waals surface area contributed by atoms with Crippen LogP contribution in [-0.2, 0) is 19.4 Å². The Morgan fingerprint density at radius 3 is 2.40 bits per heavy atom. The van der Waals surface area contributed by atoms with Gasteiger partial charge in [-0.25, -0.2) is 13.4 Å². The second-order valence-electron chi connectivity index (χ2n) is 4.31. The molecular weight excluding hydrogens is 284 g/mol. The molecule has 8 heteroatoms. The van der Waals surface area contributed by atoms with E-state index in [9.17, 15) is 18.0 Å². The molecule has 0 bridgehead atoms. The van der Waals surface area contributed by atoms with Gasteiger partial charge in [-0.1, -0.05) is 0 Å². The van der Waals surface area contributed by atoms with E-state index in [2.05, 4.69) is 10.3 Å². The largest absolute Gasteiger partial charge is 0.481 e. The van der Waals surface area contributed by atoms with Crippen molar-refractivity contribution in [3.63, 3.8) is 0 Å². The number of carbonyl (C=O) groups excluding carboxylic acids is 1. The molecule has 1 amide bonds. The number of amides is 1. The lowest BCUT2D eigenvalue weighted by Crippen LogP contribution is -2.12. The number of anilines is 1. The maximum absolute atomic E-state index is 11.5. The number of aliphatic carboxylic acids is 1. The van der Waals surface area contributed by atoms with E-state index in [0.29, 0.717) is 18.5 Å². The summed E-state index contributed by atoms with van der Waals surface area (Å²) in [5.74, 6) is -1.14. The van der Waals surface area contributed by atoms with Crippen LogP contribution in [0.25, 0.3) is 0 Å². The Bertz CT molecular complexity index is 580. The van der Waals surface area contributed by atoms with Gasteiger partial charge in [-0.15, -0.1) is 0 Å². The van der Waals surface area contributed by atoms with Gasteiger partial charge in [0.25, 0.3) is 0 Å². The van der Waals surface area contributed by atoms with Crippen molar-refractivity contribution in [2.24, 2.45) is 0 Å². The van der Waals surface area contributed by atoms with Gasteiger partial charge in [0.1, 0.15) is 0 Å². The maximum atomic E-state index is 11.5. The molecule has 0 spiro atoms. The molecule has 0 saturated heterocycles. The molecule has 0 saturated carbocycles. The van der Waals surface area contributed by atoms with Crippen LogP contribution in [0.2, 0.25) is 0 Å². The van der Waals surface area contributed by atoms with Gasteiger partial charge in [-0.05, 0) is 25.0 Å². The molecule has 1 aromatic rings. The lowest BCUT2D eigenvalue weighted by Gasteiger charge is -2.05. The molecule has 0 fully saturated rings. The van der Waals surface area contributed by atoms with Crippen molar-refractivity contribution >= 4 is 27.4 Å². The zero-order valence-electron chi connectivity index (χ0n) is 11.0. The average Bonchev–Trinajstić information content (AvgIpc) is 2.34. The molecule has 0 aliphatic rings. The molecule has 0 radical (unpaired) electrons. The molecule has 0 atom stereocenters. The maximum Gasteiger partial charge on any atom is 0.303 e. The number of rotatable bonds is 7. The summed E-state index contributed by atoms with van der Waals surface area (Å²) < 4.78 is 22.4. The fourth-order valence-corrected chi connectivity index (χ4v) is 2.02. The summed E-state index contributed by atoms with van der Waals surface area (Å²) in [4.78, 5) is 25.6. The lowest BCUT2D eigenvalue weighted by atomic mass is 10.2. The number of hydrogen-bond acceptors (Lipinski definition) is 5. The summed E-state index contributed by atoms with van der Waals surface area (Å²) in [6.45, 7) is 0. The number of carboxylic acids is 1. The van der Waals surface area contributed by atoms with Crippen LogP contribution in [0.15, 0.2) is 23.4 Å². The van der Waals surface area contributed by atoms with Crippen LogP contribution in [-0.4, -0.2) is 36.6 Å². The fraction of sp³-hybridized carbons (Fsp3) is 0.417. The minimum Gasteiger partial charge on any atom is -0.481 e. The Labute approximate surface area is 116 Å². The van der Waals surface area contributed by atoms with E-state index in [-0.39, 0.29) is 23.8 Å².